The summed E-state index contributed by atoms with van der Waals surface area (Å²) >= 11 is 3.39. The molecule has 0 unspecified atom stereocenters. The first-order valence-corrected chi connectivity index (χ1v) is 11.6. The van der Waals surface area contributed by atoms with E-state index >= 15 is 0 Å². The van der Waals surface area contributed by atoms with Crippen LogP contribution >= 0.6 is 15.9 Å². The smallest absolute Gasteiger partial charge is 0.349 e. The maximum Gasteiger partial charge on any atom is 0.349 e. The Balaban J connectivity index is 1.57. The van der Waals surface area contributed by atoms with Gasteiger partial charge < -0.3 is 19.8 Å². The summed E-state index contributed by atoms with van der Waals surface area (Å²) in [6.07, 6.45) is 1.33. The molecule has 36 heavy (non-hydrogen) atoms. The number of ether oxygens (including phenoxy) is 2. The first kappa shape index (κ1) is 24.9. The fourth-order valence-electron chi connectivity index (χ4n) is 3.33. The number of hydrogen-bond donors (Lipinski definition) is 2. The second-order valence-electron chi connectivity index (χ2n) is 7.42. The van der Waals surface area contributed by atoms with Gasteiger partial charge >= 0.3 is 5.69 Å². The van der Waals surface area contributed by atoms with Crippen LogP contribution in [-0.4, -0.2) is 35.0 Å². The van der Waals surface area contributed by atoms with Crippen molar-refractivity contribution in [2.45, 2.75) is 6.92 Å². The summed E-state index contributed by atoms with van der Waals surface area (Å²) in [7, 11) is 0. The zero-order chi connectivity index (χ0) is 25.7. The summed E-state index contributed by atoms with van der Waals surface area (Å²) in [5.74, 6) is -0.574. The number of carbonyl (C=O) groups excluding carboxylic acids is 1. The van der Waals surface area contributed by atoms with E-state index < -0.39 is 29.6 Å². The number of fused-ring (bicyclic) bond motifs is 1. The van der Waals surface area contributed by atoms with Gasteiger partial charge in [-0.15, -0.1) is 4.68 Å². The van der Waals surface area contributed by atoms with Crippen LogP contribution in [0.3, 0.4) is 0 Å². The third-order valence-electron chi connectivity index (χ3n) is 4.93. The van der Waals surface area contributed by atoms with E-state index in [9.17, 15) is 18.8 Å². The molecule has 1 amide bonds. The van der Waals surface area contributed by atoms with Crippen LogP contribution in [0.4, 0.5) is 10.1 Å². The molecule has 0 bridgehead atoms. The number of nitrogens with one attached hydrogen (secondary N) is 2. The Morgan fingerprint density at radius 1 is 1.14 bits per heavy atom. The van der Waals surface area contributed by atoms with Crippen LogP contribution in [0.15, 0.2) is 79.8 Å². The van der Waals surface area contributed by atoms with E-state index in [1.807, 2.05) is 0 Å². The number of anilines is 1. The lowest BCUT2D eigenvalue weighted by atomic mass is 10.2. The molecule has 0 aliphatic carbocycles. The fraction of sp³-hybridized carbons (Fsp3) is 0.120. The van der Waals surface area contributed by atoms with E-state index in [0.29, 0.717) is 33.3 Å². The number of aromatic amines is 1. The minimum absolute atomic E-state index is 0.0423. The van der Waals surface area contributed by atoms with Crippen LogP contribution in [0.5, 0.6) is 11.5 Å². The predicted molar refractivity (Wildman–Crippen MR) is 138 cm³/mol. The van der Waals surface area contributed by atoms with Crippen molar-refractivity contribution in [3.05, 3.63) is 97.4 Å². The number of rotatable bonds is 8. The van der Waals surface area contributed by atoms with Crippen molar-refractivity contribution in [2.75, 3.05) is 18.5 Å². The average molecular weight is 555 g/mol. The van der Waals surface area contributed by atoms with Gasteiger partial charge in [0.25, 0.3) is 11.5 Å². The Bertz CT molecular complexity index is 1580. The quantitative estimate of drug-likeness (QED) is 0.321. The summed E-state index contributed by atoms with van der Waals surface area (Å²) in [5, 5.41) is 6.81. The molecule has 0 aliphatic rings. The Morgan fingerprint density at radius 2 is 1.89 bits per heavy atom. The molecule has 0 aliphatic heterocycles. The maximum atomic E-state index is 13.8. The zero-order valence-electron chi connectivity index (χ0n) is 19.0. The molecule has 2 N–H and O–H groups in total. The fourth-order valence-corrected chi connectivity index (χ4v) is 3.91. The molecule has 0 saturated carbocycles. The normalized spacial score (nSPS) is 11.1. The summed E-state index contributed by atoms with van der Waals surface area (Å²) < 4.78 is 26.2. The number of hydrogen-bond acceptors (Lipinski definition) is 6. The molecule has 0 radical (unpaired) electrons. The summed E-state index contributed by atoms with van der Waals surface area (Å²) in [5.41, 5.74) is -0.287. The monoisotopic (exact) mass is 554 g/mol. The molecule has 184 valence electrons. The number of nitrogens with zero attached hydrogens (tertiary/aromatic N) is 2. The standard InChI is InChI=1S/C25H20BrFN4O5/c1-2-35-21-12-15(13-28-31-24(33)16-7-3-5-9-19(16)30-25(31)34)11-17(26)23(21)36-14-22(32)29-20-10-6-4-8-18(20)27/h3-13H,2,14H2,1H3,(H,29,32)(H,30,34). The summed E-state index contributed by atoms with van der Waals surface area (Å²) in [6.45, 7) is 1.68. The molecule has 1 aromatic heterocycles. The third kappa shape index (κ3) is 5.52. The van der Waals surface area contributed by atoms with Crippen LogP contribution < -0.4 is 26.0 Å². The number of H-pyrrole nitrogens is 1. The van der Waals surface area contributed by atoms with Crippen molar-refractivity contribution in [1.82, 2.24) is 9.66 Å². The summed E-state index contributed by atoms with van der Waals surface area (Å²) in [6, 6.07) is 15.6. The van der Waals surface area contributed by atoms with Crippen molar-refractivity contribution in [1.29, 1.82) is 0 Å². The number of amides is 1. The van der Waals surface area contributed by atoms with E-state index in [1.165, 1.54) is 24.4 Å². The van der Waals surface area contributed by atoms with Gasteiger partial charge in [0, 0.05) is 0 Å². The lowest BCUT2D eigenvalue weighted by Crippen LogP contribution is -2.32. The Hall–Kier alpha value is -4.25. The van der Waals surface area contributed by atoms with Crippen LogP contribution in [0.1, 0.15) is 12.5 Å². The molecule has 0 fully saturated rings. The van der Waals surface area contributed by atoms with Crippen LogP contribution in [0, 0.1) is 5.82 Å². The first-order valence-electron chi connectivity index (χ1n) is 10.8. The van der Waals surface area contributed by atoms with Crippen molar-refractivity contribution < 1.29 is 18.7 Å². The molecule has 0 saturated heterocycles. The molecule has 11 heteroatoms. The molecule has 4 rings (SSSR count). The maximum absolute atomic E-state index is 13.8. The number of para-hydroxylation sites is 2. The summed E-state index contributed by atoms with van der Waals surface area (Å²) in [4.78, 5) is 39.9. The van der Waals surface area contributed by atoms with Gasteiger partial charge in [-0.05, 0) is 64.8 Å². The van der Waals surface area contributed by atoms with Gasteiger partial charge in [-0.1, -0.05) is 24.3 Å². The SMILES string of the molecule is CCOc1cc(C=Nn2c(=O)[nH]c3ccccc3c2=O)cc(Br)c1OCC(=O)Nc1ccccc1F. The second kappa shape index (κ2) is 11.0. The Morgan fingerprint density at radius 3 is 2.67 bits per heavy atom. The molecular weight excluding hydrogens is 535 g/mol. The largest absolute Gasteiger partial charge is 0.490 e. The zero-order valence-corrected chi connectivity index (χ0v) is 20.5. The highest BCUT2D eigenvalue weighted by Crippen LogP contribution is 2.36. The molecule has 3 aromatic carbocycles. The van der Waals surface area contributed by atoms with Crippen molar-refractivity contribution >= 4 is 44.6 Å². The predicted octanol–water partition coefficient (Wildman–Crippen LogP) is 3.89. The van der Waals surface area contributed by atoms with E-state index in [1.54, 1.807) is 49.4 Å². The lowest BCUT2D eigenvalue weighted by Gasteiger charge is -2.14. The molecule has 0 atom stereocenters. The van der Waals surface area contributed by atoms with Gasteiger partial charge in [0.2, 0.25) is 0 Å². The van der Waals surface area contributed by atoms with Crippen molar-refractivity contribution in [3.63, 3.8) is 0 Å². The van der Waals surface area contributed by atoms with Crippen LogP contribution in [-0.2, 0) is 4.79 Å². The molecule has 1 heterocycles. The third-order valence-corrected chi connectivity index (χ3v) is 5.52. The molecular formula is C25H20BrFN4O5. The van der Waals surface area contributed by atoms with E-state index in [4.69, 9.17) is 9.47 Å². The Labute approximate surface area is 212 Å². The topological polar surface area (TPSA) is 115 Å². The Kier molecular flexibility index (Phi) is 7.59. The highest BCUT2D eigenvalue weighted by atomic mass is 79.9. The molecule has 0 spiro atoms. The van der Waals surface area contributed by atoms with Gasteiger partial charge in [-0.3, -0.25) is 9.59 Å². The van der Waals surface area contributed by atoms with Gasteiger partial charge in [0.05, 0.1) is 33.9 Å². The van der Waals surface area contributed by atoms with Gasteiger partial charge in [0.15, 0.2) is 18.1 Å². The first-order chi connectivity index (χ1) is 17.4. The minimum atomic E-state index is -0.681. The highest BCUT2D eigenvalue weighted by molar-refractivity contribution is 9.10. The molecule has 4 aromatic rings. The average Bonchev–Trinajstić information content (AvgIpc) is 2.85. The van der Waals surface area contributed by atoms with Gasteiger partial charge in [-0.25, -0.2) is 9.18 Å². The number of halogens is 2. The number of carbonyl (C=O) groups is 1. The van der Waals surface area contributed by atoms with E-state index in [-0.39, 0.29) is 11.4 Å². The number of benzene rings is 3. The van der Waals surface area contributed by atoms with Crippen molar-refractivity contribution in [2.24, 2.45) is 5.10 Å². The number of aromatic nitrogens is 2. The van der Waals surface area contributed by atoms with Crippen LogP contribution in [0.2, 0.25) is 0 Å². The molecule has 9 nitrogen and oxygen atoms in total. The minimum Gasteiger partial charge on any atom is -0.490 e. The van der Waals surface area contributed by atoms with E-state index in [0.717, 1.165) is 4.68 Å². The van der Waals surface area contributed by atoms with Crippen molar-refractivity contribution in [3.8, 4) is 11.5 Å². The van der Waals surface area contributed by atoms with Gasteiger partial charge in [-0.2, -0.15) is 5.10 Å². The van der Waals surface area contributed by atoms with Crippen LogP contribution in [0.25, 0.3) is 10.9 Å². The highest BCUT2D eigenvalue weighted by Gasteiger charge is 2.15. The van der Waals surface area contributed by atoms with Gasteiger partial charge in [0.1, 0.15) is 5.82 Å². The lowest BCUT2D eigenvalue weighted by molar-refractivity contribution is -0.118. The second-order valence-corrected chi connectivity index (χ2v) is 8.27. The van der Waals surface area contributed by atoms with E-state index in [2.05, 4.69) is 31.3 Å².